The van der Waals surface area contributed by atoms with Crippen LogP contribution in [-0.4, -0.2) is 30.3 Å². The maximum Gasteiger partial charge on any atom is 0.0685 e. The highest BCUT2D eigenvalue weighted by molar-refractivity contribution is 4.79. The molecule has 1 aliphatic heterocycles. The first-order chi connectivity index (χ1) is 6.36. The van der Waals surface area contributed by atoms with E-state index in [4.69, 9.17) is 10.6 Å². The molecule has 2 rings (SSSR count). The summed E-state index contributed by atoms with van der Waals surface area (Å²) in [4.78, 5) is 5.64. The molecule has 2 N–H and O–H groups in total. The van der Waals surface area contributed by atoms with Crippen molar-refractivity contribution in [3.8, 4) is 0 Å². The second-order valence-corrected chi connectivity index (χ2v) is 4.26. The summed E-state index contributed by atoms with van der Waals surface area (Å²) in [5.41, 5.74) is 5.95. The Morgan fingerprint density at radius 3 is 2.77 bits per heavy atom. The number of nitrogens with zero attached hydrogens (tertiary/aromatic N) is 1. The van der Waals surface area contributed by atoms with Gasteiger partial charge in [-0.2, -0.15) is 5.06 Å². The van der Waals surface area contributed by atoms with E-state index in [0.29, 0.717) is 12.1 Å². The zero-order valence-electron chi connectivity index (χ0n) is 8.24. The zero-order valence-corrected chi connectivity index (χ0v) is 8.24. The first-order valence-electron chi connectivity index (χ1n) is 5.51. The van der Waals surface area contributed by atoms with Crippen molar-refractivity contribution < 1.29 is 4.84 Å². The van der Waals surface area contributed by atoms with Gasteiger partial charge in [0, 0.05) is 18.6 Å². The molecule has 1 aliphatic carbocycles. The van der Waals surface area contributed by atoms with Gasteiger partial charge in [-0.25, -0.2) is 0 Å². The quantitative estimate of drug-likeness (QED) is 0.667. The highest BCUT2D eigenvalue weighted by atomic mass is 16.7. The molecule has 2 atom stereocenters. The monoisotopic (exact) mass is 184 g/mol. The molecule has 3 heteroatoms. The molecule has 0 amide bonds. The molecule has 0 spiro atoms. The normalized spacial score (nSPS) is 37.6. The van der Waals surface area contributed by atoms with Gasteiger partial charge in [0.15, 0.2) is 0 Å². The highest BCUT2D eigenvalue weighted by Crippen LogP contribution is 2.24. The molecule has 0 aromatic rings. The fourth-order valence-corrected chi connectivity index (χ4v) is 2.37. The summed E-state index contributed by atoms with van der Waals surface area (Å²) in [7, 11) is 0. The summed E-state index contributed by atoms with van der Waals surface area (Å²) in [5.74, 6) is 0. The summed E-state index contributed by atoms with van der Waals surface area (Å²) < 4.78 is 0. The third kappa shape index (κ3) is 2.42. The van der Waals surface area contributed by atoms with Gasteiger partial charge >= 0.3 is 0 Å². The van der Waals surface area contributed by atoms with Gasteiger partial charge < -0.3 is 5.73 Å². The Hall–Kier alpha value is -0.120. The van der Waals surface area contributed by atoms with Crippen LogP contribution in [0.15, 0.2) is 0 Å². The fraction of sp³-hybridized carbons (Fsp3) is 1.00. The smallest absolute Gasteiger partial charge is 0.0685 e. The highest BCUT2D eigenvalue weighted by Gasteiger charge is 2.26. The summed E-state index contributed by atoms with van der Waals surface area (Å²) in [6.45, 7) is 2.02. The van der Waals surface area contributed by atoms with Gasteiger partial charge in [-0.15, -0.1) is 0 Å². The predicted octanol–water partition coefficient (Wildman–Crippen LogP) is 1.28. The second-order valence-electron chi connectivity index (χ2n) is 4.26. The molecule has 0 aromatic heterocycles. The molecule has 0 aromatic carbocycles. The van der Waals surface area contributed by atoms with Crippen molar-refractivity contribution in [2.45, 2.75) is 50.6 Å². The van der Waals surface area contributed by atoms with Crippen LogP contribution in [0, 0.1) is 0 Å². The maximum atomic E-state index is 5.95. The number of hydrogen-bond donors (Lipinski definition) is 1. The Labute approximate surface area is 80.2 Å². The molecule has 2 fully saturated rings. The number of hydroxylamine groups is 2. The van der Waals surface area contributed by atoms with Gasteiger partial charge in [-0.1, -0.05) is 6.42 Å². The van der Waals surface area contributed by atoms with Gasteiger partial charge in [0.2, 0.25) is 0 Å². The van der Waals surface area contributed by atoms with Crippen LogP contribution < -0.4 is 5.73 Å². The van der Waals surface area contributed by atoms with Crippen molar-refractivity contribution in [1.29, 1.82) is 0 Å². The standard InChI is InChI=1S/C10H20N2O/c11-9-4-3-5-10(8-9)12-6-1-2-7-13-12/h9-10H,1-8,11H2. The lowest BCUT2D eigenvalue weighted by Gasteiger charge is -2.37. The van der Waals surface area contributed by atoms with E-state index in [2.05, 4.69) is 5.06 Å². The van der Waals surface area contributed by atoms with Crippen LogP contribution in [-0.2, 0) is 4.84 Å². The number of hydrogen-bond acceptors (Lipinski definition) is 3. The van der Waals surface area contributed by atoms with Gasteiger partial charge in [0.05, 0.1) is 6.61 Å². The molecule has 2 aliphatic rings. The predicted molar refractivity (Wildman–Crippen MR) is 52.1 cm³/mol. The van der Waals surface area contributed by atoms with Crippen molar-refractivity contribution >= 4 is 0 Å². The zero-order chi connectivity index (χ0) is 9.10. The molecule has 1 saturated heterocycles. The summed E-state index contributed by atoms with van der Waals surface area (Å²) in [6, 6.07) is 1.01. The molecular formula is C10H20N2O. The lowest BCUT2D eigenvalue weighted by Crippen LogP contribution is -2.44. The SMILES string of the molecule is NC1CCCC(N2CCCCO2)C1. The maximum absolute atomic E-state index is 5.95. The fourth-order valence-electron chi connectivity index (χ4n) is 2.37. The minimum absolute atomic E-state index is 0.407. The van der Waals surface area contributed by atoms with Crippen LogP contribution in [0.25, 0.3) is 0 Å². The van der Waals surface area contributed by atoms with E-state index in [9.17, 15) is 0 Å². The molecule has 2 unspecified atom stereocenters. The van der Waals surface area contributed by atoms with E-state index in [1.165, 1.54) is 32.1 Å². The Morgan fingerprint density at radius 1 is 1.15 bits per heavy atom. The van der Waals surface area contributed by atoms with Crippen LogP contribution in [0.3, 0.4) is 0 Å². The third-order valence-corrected chi connectivity index (χ3v) is 3.12. The molecule has 3 nitrogen and oxygen atoms in total. The van der Waals surface area contributed by atoms with Crippen molar-refractivity contribution in [3.05, 3.63) is 0 Å². The largest absolute Gasteiger partial charge is 0.328 e. The molecule has 0 bridgehead atoms. The first-order valence-corrected chi connectivity index (χ1v) is 5.51. The van der Waals surface area contributed by atoms with E-state index >= 15 is 0 Å². The van der Waals surface area contributed by atoms with Crippen LogP contribution in [0.4, 0.5) is 0 Å². The lowest BCUT2D eigenvalue weighted by atomic mass is 9.91. The number of rotatable bonds is 1. The Kier molecular flexibility index (Phi) is 3.19. The Balaban J connectivity index is 1.83. The average Bonchev–Trinajstić information content (AvgIpc) is 2.19. The Morgan fingerprint density at radius 2 is 2.08 bits per heavy atom. The van der Waals surface area contributed by atoms with Crippen LogP contribution >= 0.6 is 0 Å². The molecule has 13 heavy (non-hydrogen) atoms. The van der Waals surface area contributed by atoms with Crippen molar-refractivity contribution in [3.63, 3.8) is 0 Å². The van der Waals surface area contributed by atoms with E-state index < -0.39 is 0 Å². The van der Waals surface area contributed by atoms with E-state index in [-0.39, 0.29) is 0 Å². The van der Waals surface area contributed by atoms with E-state index in [0.717, 1.165) is 19.6 Å². The topological polar surface area (TPSA) is 38.5 Å². The minimum Gasteiger partial charge on any atom is -0.328 e. The van der Waals surface area contributed by atoms with Crippen LogP contribution in [0.5, 0.6) is 0 Å². The van der Waals surface area contributed by atoms with Crippen LogP contribution in [0.1, 0.15) is 38.5 Å². The summed E-state index contributed by atoms with van der Waals surface area (Å²) in [6.07, 6.45) is 7.37. The molecule has 1 heterocycles. The molecule has 1 saturated carbocycles. The Bertz CT molecular complexity index is 157. The minimum atomic E-state index is 0.407. The average molecular weight is 184 g/mol. The van der Waals surface area contributed by atoms with Crippen molar-refractivity contribution in [2.75, 3.05) is 13.2 Å². The summed E-state index contributed by atoms with van der Waals surface area (Å²) >= 11 is 0. The van der Waals surface area contributed by atoms with Gasteiger partial charge in [-0.05, 0) is 32.1 Å². The molecule has 0 radical (unpaired) electrons. The first kappa shape index (κ1) is 9.44. The van der Waals surface area contributed by atoms with Crippen molar-refractivity contribution in [1.82, 2.24) is 5.06 Å². The molecular weight excluding hydrogens is 164 g/mol. The van der Waals surface area contributed by atoms with Gasteiger partial charge in [0.1, 0.15) is 0 Å². The van der Waals surface area contributed by atoms with Gasteiger partial charge in [-0.3, -0.25) is 4.84 Å². The van der Waals surface area contributed by atoms with E-state index in [1.807, 2.05) is 0 Å². The van der Waals surface area contributed by atoms with Crippen LogP contribution in [0.2, 0.25) is 0 Å². The van der Waals surface area contributed by atoms with Crippen molar-refractivity contribution in [2.24, 2.45) is 5.73 Å². The van der Waals surface area contributed by atoms with E-state index in [1.54, 1.807) is 0 Å². The molecule has 76 valence electrons. The van der Waals surface area contributed by atoms with Gasteiger partial charge in [0.25, 0.3) is 0 Å². The third-order valence-electron chi connectivity index (χ3n) is 3.12. The lowest BCUT2D eigenvalue weighted by molar-refractivity contribution is -0.211. The second kappa shape index (κ2) is 4.40. The number of nitrogens with two attached hydrogens (primary N) is 1. The summed E-state index contributed by atoms with van der Waals surface area (Å²) in [5, 5.41) is 2.18.